The molecular formula is C19H21F3N2O2. The van der Waals surface area contributed by atoms with Gasteiger partial charge >= 0.3 is 6.18 Å². The van der Waals surface area contributed by atoms with E-state index in [2.05, 4.69) is 0 Å². The lowest BCUT2D eigenvalue weighted by molar-refractivity contribution is -0.137. The van der Waals surface area contributed by atoms with Gasteiger partial charge in [-0.2, -0.15) is 13.2 Å². The molecule has 2 aromatic rings. The van der Waals surface area contributed by atoms with E-state index in [-0.39, 0.29) is 12.3 Å². The summed E-state index contributed by atoms with van der Waals surface area (Å²) in [6.07, 6.45) is -4.40. The minimum absolute atomic E-state index is 0.0294. The number of alkyl halides is 3. The highest BCUT2D eigenvalue weighted by Crippen LogP contribution is 2.31. The van der Waals surface area contributed by atoms with E-state index in [1.54, 1.807) is 30.5 Å². The van der Waals surface area contributed by atoms with Crippen LogP contribution in [0.25, 0.3) is 5.69 Å². The molecule has 26 heavy (non-hydrogen) atoms. The fraction of sp³-hybridized carbons (Fsp3) is 0.421. The van der Waals surface area contributed by atoms with Crippen LogP contribution in [0, 0.1) is 13.8 Å². The van der Waals surface area contributed by atoms with Gasteiger partial charge in [-0.25, -0.2) is 0 Å². The van der Waals surface area contributed by atoms with Crippen molar-refractivity contribution in [3.63, 3.8) is 0 Å². The fourth-order valence-corrected chi connectivity index (χ4v) is 3.31. The van der Waals surface area contributed by atoms with Gasteiger partial charge in [0.05, 0.1) is 25.3 Å². The fourth-order valence-electron chi connectivity index (χ4n) is 3.31. The number of ketones is 1. The second-order valence-electron chi connectivity index (χ2n) is 6.48. The third kappa shape index (κ3) is 3.83. The third-order valence-corrected chi connectivity index (χ3v) is 4.63. The van der Waals surface area contributed by atoms with E-state index in [0.29, 0.717) is 43.2 Å². The maximum absolute atomic E-state index is 13.0. The van der Waals surface area contributed by atoms with Crippen LogP contribution < -0.4 is 0 Å². The van der Waals surface area contributed by atoms with E-state index in [9.17, 15) is 18.0 Å². The highest BCUT2D eigenvalue weighted by atomic mass is 19.4. The Hall–Kier alpha value is -2.12. The van der Waals surface area contributed by atoms with Crippen molar-refractivity contribution in [1.82, 2.24) is 9.47 Å². The molecule has 0 atom stereocenters. The van der Waals surface area contributed by atoms with Gasteiger partial charge in [-0.3, -0.25) is 9.69 Å². The number of morpholine rings is 1. The summed E-state index contributed by atoms with van der Waals surface area (Å²) >= 11 is 0. The first-order valence-corrected chi connectivity index (χ1v) is 8.47. The standard InChI is InChI=1S/C19H21F3N2O2/c1-13-10-17(18(25)12-23-6-8-26-9-7-23)14(2)24(13)16-5-3-4-15(11-16)19(20,21)22/h3-5,10-11H,6-9,12H2,1-2H3. The van der Waals surface area contributed by atoms with Crippen LogP contribution in [0.5, 0.6) is 0 Å². The Morgan fingerprint density at radius 1 is 1.15 bits per heavy atom. The molecule has 0 spiro atoms. The van der Waals surface area contributed by atoms with E-state index >= 15 is 0 Å². The molecule has 0 N–H and O–H groups in total. The van der Waals surface area contributed by atoms with Gasteiger partial charge in [0, 0.05) is 35.7 Å². The topological polar surface area (TPSA) is 34.5 Å². The Morgan fingerprint density at radius 2 is 1.85 bits per heavy atom. The van der Waals surface area contributed by atoms with Crippen LogP contribution in [0.2, 0.25) is 0 Å². The summed E-state index contributed by atoms with van der Waals surface area (Å²) in [6.45, 7) is 6.47. The molecular weight excluding hydrogens is 345 g/mol. The Morgan fingerprint density at radius 3 is 2.50 bits per heavy atom. The van der Waals surface area contributed by atoms with Gasteiger partial charge in [-0.1, -0.05) is 6.07 Å². The maximum Gasteiger partial charge on any atom is 0.416 e. The van der Waals surface area contributed by atoms with Crippen molar-refractivity contribution in [1.29, 1.82) is 0 Å². The molecule has 3 rings (SSSR count). The number of carbonyl (C=O) groups excluding carboxylic acids is 1. The lowest BCUT2D eigenvalue weighted by atomic mass is 10.1. The number of nitrogens with zero attached hydrogens (tertiary/aromatic N) is 2. The molecule has 1 fully saturated rings. The van der Waals surface area contributed by atoms with Crippen molar-refractivity contribution < 1.29 is 22.7 Å². The highest BCUT2D eigenvalue weighted by molar-refractivity contribution is 5.99. The van der Waals surface area contributed by atoms with Crippen LogP contribution in [0.3, 0.4) is 0 Å². The lowest BCUT2D eigenvalue weighted by Gasteiger charge is -2.25. The molecule has 1 aliphatic rings. The average molecular weight is 366 g/mol. The first-order chi connectivity index (χ1) is 12.3. The number of benzene rings is 1. The monoisotopic (exact) mass is 366 g/mol. The van der Waals surface area contributed by atoms with E-state index in [0.717, 1.165) is 17.8 Å². The molecule has 0 amide bonds. The number of aryl methyl sites for hydroxylation is 1. The summed E-state index contributed by atoms with van der Waals surface area (Å²) in [7, 11) is 0. The number of hydrogen-bond acceptors (Lipinski definition) is 3. The first kappa shape index (κ1) is 18.7. The molecule has 0 radical (unpaired) electrons. The second-order valence-corrected chi connectivity index (χ2v) is 6.48. The van der Waals surface area contributed by atoms with Gasteiger partial charge in [0.25, 0.3) is 0 Å². The number of ether oxygens (including phenoxy) is 1. The summed E-state index contributed by atoms with van der Waals surface area (Å²) in [4.78, 5) is 14.7. The molecule has 140 valence electrons. The first-order valence-electron chi connectivity index (χ1n) is 8.47. The Balaban J connectivity index is 1.90. The van der Waals surface area contributed by atoms with Crippen LogP contribution in [0.4, 0.5) is 13.2 Å². The van der Waals surface area contributed by atoms with Crippen molar-refractivity contribution in [2.24, 2.45) is 0 Å². The van der Waals surface area contributed by atoms with Gasteiger partial charge < -0.3 is 9.30 Å². The zero-order chi connectivity index (χ0) is 18.9. The quantitative estimate of drug-likeness (QED) is 0.775. The molecule has 0 aliphatic carbocycles. The van der Waals surface area contributed by atoms with E-state index in [1.807, 2.05) is 4.90 Å². The van der Waals surface area contributed by atoms with Crippen molar-refractivity contribution in [2.45, 2.75) is 20.0 Å². The van der Waals surface area contributed by atoms with Gasteiger partial charge in [0.15, 0.2) is 5.78 Å². The molecule has 7 heteroatoms. The number of carbonyl (C=O) groups is 1. The summed E-state index contributed by atoms with van der Waals surface area (Å²) in [5.74, 6) is -0.0294. The molecule has 1 aromatic heterocycles. The second kappa shape index (κ2) is 7.25. The van der Waals surface area contributed by atoms with Crippen LogP contribution in [-0.4, -0.2) is 48.1 Å². The summed E-state index contributed by atoms with van der Waals surface area (Å²) < 4.78 is 46.0. The molecule has 2 heterocycles. The largest absolute Gasteiger partial charge is 0.416 e. The molecule has 1 aromatic carbocycles. The normalized spacial score (nSPS) is 16.0. The third-order valence-electron chi connectivity index (χ3n) is 4.63. The zero-order valence-corrected chi connectivity index (χ0v) is 14.8. The van der Waals surface area contributed by atoms with E-state index in [1.165, 1.54) is 6.07 Å². The Bertz CT molecular complexity index is 806. The van der Waals surface area contributed by atoms with E-state index in [4.69, 9.17) is 4.74 Å². The predicted molar refractivity (Wildman–Crippen MR) is 91.8 cm³/mol. The molecule has 1 saturated heterocycles. The molecule has 0 unspecified atom stereocenters. The SMILES string of the molecule is Cc1cc(C(=O)CN2CCOCC2)c(C)n1-c1cccc(C(F)(F)F)c1. The minimum atomic E-state index is -4.40. The van der Waals surface area contributed by atoms with Crippen LogP contribution in [0.1, 0.15) is 27.3 Å². The van der Waals surface area contributed by atoms with Gasteiger partial charge in [0.2, 0.25) is 0 Å². The molecule has 1 aliphatic heterocycles. The van der Waals surface area contributed by atoms with Crippen molar-refractivity contribution in [2.75, 3.05) is 32.8 Å². The van der Waals surface area contributed by atoms with Crippen LogP contribution >= 0.6 is 0 Å². The zero-order valence-electron chi connectivity index (χ0n) is 14.8. The smallest absolute Gasteiger partial charge is 0.379 e. The highest BCUT2D eigenvalue weighted by Gasteiger charge is 2.31. The van der Waals surface area contributed by atoms with Crippen LogP contribution in [-0.2, 0) is 10.9 Å². The molecule has 4 nitrogen and oxygen atoms in total. The Kier molecular flexibility index (Phi) is 5.20. The number of halogens is 3. The number of aromatic nitrogens is 1. The van der Waals surface area contributed by atoms with Crippen LogP contribution in [0.15, 0.2) is 30.3 Å². The van der Waals surface area contributed by atoms with Crippen molar-refractivity contribution >= 4 is 5.78 Å². The predicted octanol–water partition coefficient (Wildman–Crippen LogP) is 3.63. The molecule has 0 saturated carbocycles. The summed E-state index contributed by atoms with van der Waals surface area (Å²) in [6, 6.07) is 6.90. The lowest BCUT2D eigenvalue weighted by Crippen LogP contribution is -2.39. The van der Waals surface area contributed by atoms with Gasteiger partial charge in [0.1, 0.15) is 0 Å². The van der Waals surface area contributed by atoms with Gasteiger partial charge in [-0.15, -0.1) is 0 Å². The van der Waals surface area contributed by atoms with Gasteiger partial charge in [-0.05, 0) is 38.1 Å². The van der Waals surface area contributed by atoms with Crippen molar-refractivity contribution in [3.8, 4) is 5.69 Å². The summed E-state index contributed by atoms with van der Waals surface area (Å²) in [5, 5.41) is 0. The average Bonchev–Trinajstić information content (AvgIpc) is 2.90. The summed E-state index contributed by atoms with van der Waals surface area (Å²) in [5.41, 5.74) is 1.63. The number of hydrogen-bond donors (Lipinski definition) is 0. The number of Topliss-reactive ketones (excluding diaryl/α,β-unsaturated/α-hetero) is 1. The van der Waals surface area contributed by atoms with Crippen molar-refractivity contribution in [3.05, 3.63) is 52.8 Å². The molecule has 0 bridgehead atoms. The maximum atomic E-state index is 13.0. The van der Waals surface area contributed by atoms with E-state index < -0.39 is 11.7 Å². The minimum Gasteiger partial charge on any atom is -0.379 e. The number of rotatable bonds is 4. The Labute approximate surface area is 150 Å².